The van der Waals surface area contributed by atoms with Gasteiger partial charge in [0.1, 0.15) is 5.03 Å². The normalized spacial score (nSPS) is 10.9. The minimum atomic E-state index is 0.0119. The molecule has 4 rings (SSSR count). The third-order valence-corrected chi connectivity index (χ3v) is 5.24. The number of hydrogen-bond donors (Lipinski definition) is 1. The van der Waals surface area contributed by atoms with E-state index in [1.165, 1.54) is 17.1 Å². The number of pyridine rings is 1. The Bertz CT molecular complexity index is 1060. The fraction of sp³-hybridized carbons (Fsp3) is 0.0909. The molecule has 0 saturated carbocycles. The number of thioether (sulfide) groups is 1. The number of rotatable bonds is 5. The van der Waals surface area contributed by atoms with Crippen LogP contribution in [-0.2, 0) is 11.3 Å². The van der Waals surface area contributed by atoms with Gasteiger partial charge in [-0.15, -0.1) is 0 Å². The van der Waals surface area contributed by atoms with Gasteiger partial charge in [-0.25, -0.2) is 4.98 Å². The van der Waals surface area contributed by atoms with Crippen molar-refractivity contribution in [2.75, 3.05) is 5.75 Å². The van der Waals surface area contributed by atoms with Crippen LogP contribution in [0, 0.1) is 0 Å². The number of nitrogens with one attached hydrogen (secondary N) is 1. The van der Waals surface area contributed by atoms with Crippen LogP contribution in [0.5, 0.6) is 0 Å². The Morgan fingerprint density at radius 3 is 2.27 bits per heavy atom. The summed E-state index contributed by atoms with van der Waals surface area (Å²) < 4.78 is 0. The number of amides is 1. The van der Waals surface area contributed by atoms with Crippen LogP contribution in [0.2, 0.25) is 0 Å². The van der Waals surface area contributed by atoms with Crippen LogP contribution in [0.1, 0.15) is 5.56 Å². The van der Waals surface area contributed by atoms with Gasteiger partial charge in [0.25, 0.3) is 0 Å². The molecule has 1 amide bonds. The topological polar surface area (TPSA) is 42.0 Å². The van der Waals surface area contributed by atoms with Gasteiger partial charge in [-0.05, 0) is 17.0 Å². The summed E-state index contributed by atoms with van der Waals surface area (Å²) in [6.07, 6.45) is 0. The van der Waals surface area contributed by atoms with Crippen molar-refractivity contribution in [2.45, 2.75) is 11.6 Å². The van der Waals surface area contributed by atoms with Crippen molar-refractivity contribution in [2.24, 2.45) is 0 Å². The Labute approximate surface area is 156 Å². The second-order valence-corrected chi connectivity index (χ2v) is 6.99. The van der Waals surface area contributed by atoms with E-state index in [9.17, 15) is 4.79 Å². The number of fused-ring (bicyclic) bond motifs is 3. The monoisotopic (exact) mass is 358 g/mol. The third-order valence-electron chi connectivity index (χ3n) is 4.25. The van der Waals surface area contributed by atoms with Gasteiger partial charge in [0.2, 0.25) is 5.91 Å². The molecule has 0 radical (unpaired) electrons. The summed E-state index contributed by atoms with van der Waals surface area (Å²) in [5.41, 5.74) is 2.05. The van der Waals surface area contributed by atoms with E-state index < -0.39 is 0 Å². The summed E-state index contributed by atoms with van der Waals surface area (Å²) in [6, 6.07) is 26.3. The molecule has 26 heavy (non-hydrogen) atoms. The molecule has 0 fully saturated rings. The van der Waals surface area contributed by atoms with Gasteiger partial charge in [0.15, 0.2) is 0 Å². The molecule has 0 aliphatic carbocycles. The van der Waals surface area contributed by atoms with Gasteiger partial charge in [0.05, 0.1) is 11.3 Å². The van der Waals surface area contributed by atoms with Crippen LogP contribution in [0.4, 0.5) is 0 Å². The minimum absolute atomic E-state index is 0.0119. The first-order chi connectivity index (χ1) is 12.8. The minimum Gasteiger partial charge on any atom is -0.351 e. The number of benzene rings is 3. The number of carbonyl (C=O) groups is 1. The average molecular weight is 358 g/mol. The Hall–Kier alpha value is -2.85. The summed E-state index contributed by atoms with van der Waals surface area (Å²) in [7, 11) is 0. The molecule has 1 aromatic heterocycles. The van der Waals surface area contributed by atoms with E-state index in [4.69, 9.17) is 4.98 Å². The van der Waals surface area contributed by atoms with Gasteiger partial charge in [-0.2, -0.15) is 0 Å². The molecule has 4 aromatic rings. The molecule has 1 heterocycles. The van der Waals surface area contributed by atoms with Gasteiger partial charge >= 0.3 is 0 Å². The van der Waals surface area contributed by atoms with Gasteiger partial charge in [0, 0.05) is 17.3 Å². The van der Waals surface area contributed by atoms with Crippen molar-refractivity contribution in [3.05, 3.63) is 84.4 Å². The largest absolute Gasteiger partial charge is 0.351 e. The second kappa shape index (κ2) is 7.58. The van der Waals surface area contributed by atoms with E-state index in [0.29, 0.717) is 12.3 Å². The van der Waals surface area contributed by atoms with E-state index in [-0.39, 0.29) is 5.91 Å². The Morgan fingerprint density at radius 1 is 0.808 bits per heavy atom. The fourth-order valence-electron chi connectivity index (χ4n) is 2.96. The van der Waals surface area contributed by atoms with E-state index >= 15 is 0 Å². The van der Waals surface area contributed by atoms with Crippen LogP contribution in [-0.4, -0.2) is 16.6 Å². The number of para-hydroxylation sites is 1. The molecule has 0 spiro atoms. The highest BCUT2D eigenvalue weighted by Crippen LogP contribution is 2.31. The molecule has 3 nitrogen and oxygen atoms in total. The van der Waals surface area contributed by atoms with Crippen molar-refractivity contribution < 1.29 is 4.79 Å². The zero-order chi connectivity index (χ0) is 17.8. The van der Waals surface area contributed by atoms with Crippen molar-refractivity contribution in [3.63, 3.8) is 0 Å². The smallest absolute Gasteiger partial charge is 0.230 e. The molecule has 0 saturated heterocycles. The molecule has 128 valence electrons. The van der Waals surface area contributed by atoms with Crippen LogP contribution in [0.25, 0.3) is 21.7 Å². The maximum Gasteiger partial charge on any atom is 0.230 e. The highest BCUT2D eigenvalue weighted by atomic mass is 32.2. The maximum absolute atomic E-state index is 12.2. The van der Waals surface area contributed by atoms with Crippen molar-refractivity contribution in [3.8, 4) is 0 Å². The quantitative estimate of drug-likeness (QED) is 0.412. The van der Waals surface area contributed by atoms with Gasteiger partial charge in [-0.1, -0.05) is 84.6 Å². The zero-order valence-electron chi connectivity index (χ0n) is 14.2. The van der Waals surface area contributed by atoms with Crippen molar-refractivity contribution in [1.29, 1.82) is 0 Å². The molecule has 1 N–H and O–H groups in total. The summed E-state index contributed by atoms with van der Waals surface area (Å²) >= 11 is 1.48. The van der Waals surface area contributed by atoms with Crippen LogP contribution < -0.4 is 5.32 Å². The Kier molecular flexibility index (Phi) is 4.84. The fourth-order valence-corrected chi connectivity index (χ4v) is 3.83. The lowest BCUT2D eigenvalue weighted by atomic mass is 10.1. The Balaban J connectivity index is 1.52. The lowest BCUT2D eigenvalue weighted by Crippen LogP contribution is -2.24. The molecule has 0 unspecified atom stereocenters. The molecule has 4 heteroatoms. The van der Waals surface area contributed by atoms with Crippen LogP contribution >= 0.6 is 11.8 Å². The summed E-state index contributed by atoms with van der Waals surface area (Å²) in [5.74, 6) is 0.361. The SMILES string of the molecule is O=C(CSc1nc2ccccc2c2ccccc12)NCc1ccccc1. The maximum atomic E-state index is 12.2. The van der Waals surface area contributed by atoms with Crippen molar-refractivity contribution >= 4 is 39.3 Å². The lowest BCUT2D eigenvalue weighted by molar-refractivity contribution is -0.118. The highest BCUT2D eigenvalue weighted by molar-refractivity contribution is 8.00. The molecule has 0 aliphatic heterocycles. The standard InChI is InChI=1S/C22H18N2OS/c25-21(23-14-16-8-2-1-3-9-16)15-26-22-19-12-5-4-10-17(19)18-11-6-7-13-20(18)24-22/h1-13H,14-15H2,(H,23,25). The second-order valence-electron chi connectivity index (χ2n) is 6.03. The summed E-state index contributed by atoms with van der Waals surface area (Å²) in [4.78, 5) is 17.0. The van der Waals surface area contributed by atoms with Gasteiger partial charge in [-0.3, -0.25) is 4.79 Å². The number of hydrogen-bond acceptors (Lipinski definition) is 3. The predicted molar refractivity (Wildman–Crippen MR) is 108 cm³/mol. The van der Waals surface area contributed by atoms with E-state index in [1.54, 1.807) is 0 Å². The molecule has 3 aromatic carbocycles. The average Bonchev–Trinajstić information content (AvgIpc) is 2.71. The summed E-state index contributed by atoms with van der Waals surface area (Å²) in [5, 5.41) is 7.27. The predicted octanol–water partition coefficient (Wildman–Crippen LogP) is 4.80. The molecular weight excluding hydrogens is 340 g/mol. The first kappa shape index (κ1) is 16.6. The van der Waals surface area contributed by atoms with Crippen molar-refractivity contribution in [1.82, 2.24) is 10.3 Å². The number of aromatic nitrogens is 1. The van der Waals surface area contributed by atoms with E-state index in [1.807, 2.05) is 60.7 Å². The number of nitrogens with zero attached hydrogens (tertiary/aromatic N) is 1. The molecule has 0 atom stereocenters. The lowest BCUT2D eigenvalue weighted by Gasteiger charge is -2.09. The molecular formula is C22H18N2OS. The van der Waals surface area contributed by atoms with E-state index in [2.05, 4.69) is 23.5 Å². The van der Waals surface area contributed by atoms with Gasteiger partial charge < -0.3 is 5.32 Å². The van der Waals surface area contributed by atoms with Crippen LogP contribution in [0.15, 0.2) is 83.9 Å². The molecule has 0 bridgehead atoms. The first-order valence-corrected chi connectivity index (χ1v) is 9.51. The zero-order valence-corrected chi connectivity index (χ0v) is 15.0. The number of carbonyl (C=O) groups excluding carboxylic acids is 1. The molecule has 0 aliphatic rings. The summed E-state index contributed by atoms with van der Waals surface area (Å²) in [6.45, 7) is 0.548. The van der Waals surface area contributed by atoms with Crippen LogP contribution in [0.3, 0.4) is 0 Å². The first-order valence-electron chi connectivity index (χ1n) is 8.52. The Morgan fingerprint density at radius 2 is 1.46 bits per heavy atom. The highest BCUT2D eigenvalue weighted by Gasteiger charge is 2.10. The third kappa shape index (κ3) is 3.55. The van der Waals surface area contributed by atoms with E-state index in [0.717, 1.165) is 26.9 Å².